The number of hydrogen-bond acceptors (Lipinski definition) is 4. The van der Waals surface area contributed by atoms with Crippen LogP contribution in [0.3, 0.4) is 0 Å². The van der Waals surface area contributed by atoms with E-state index in [9.17, 15) is 14.7 Å². The molecule has 0 aromatic heterocycles. The van der Waals surface area contributed by atoms with Crippen LogP contribution in [0.1, 0.15) is 63.9 Å². The van der Waals surface area contributed by atoms with Crippen molar-refractivity contribution < 1.29 is 19.8 Å². The number of amides is 1. The van der Waals surface area contributed by atoms with Gasteiger partial charge in [0.25, 0.3) is 0 Å². The molecular formula is C26H39NO4S. The minimum Gasteiger partial charge on any atom is -0.481 e. The molecule has 6 heteroatoms. The number of thioether (sulfide) groups is 1. The van der Waals surface area contributed by atoms with Gasteiger partial charge in [-0.25, -0.2) is 0 Å². The Balaban J connectivity index is 1.63. The van der Waals surface area contributed by atoms with E-state index >= 15 is 0 Å². The zero-order valence-electron chi connectivity index (χ0n) is 19.3. The molecule has 2 N–H and O–H groups in total. The Morgan fingerprint density at radius 3 is 2.72 bits per heavy atom. The summed E-state index contributed by atoms with van der Waals surface area (Å²) in [4.78, 5) is 24.7. The van der Waals surface area contributed by atoms with Gasteiger partial charge < -0.3 is 15.1 Å². The van der Waals surface area contributed by atoms with Crippen molar-refractivity contribution in [1.82, 2.24) is 4.90 Å². The number of nitrogens with zero attached hydrogens (tertiary/aromatic N) is 1. The fourth-order valence-corrected chi connectivity index (χ4v) is 4.93. The van der Waals surface area contributed by atoms with Gasteiger partial charge in [0.15, 0.2) is 0 Å². The largest absolute Gasteiger partial charge is 0.481 e. The molecule has 0 radical (unpaired) electrons. The maximum Gasteiger partial charge on any atom is 0.303 e. The Morgan fingerprint density at radius 1 is 1.19 bits per heavy atom. The van der Waals surface area contributed by atoms with Crippen LogP contribution in [0.2, 0.25) is 0 Å². The quantitative estimate of drug-likeness (QED) is 0.270. The molecule has 1 amide bonds. The third-order valence-electron chi connectivity index (χ3n) is 6.11. The lowest BCUT2D eigenvalue weighted by molar-refractivity contribution is -0.137. The summed E-state index contributed by atoms with van der Waals surface area (Å²) < 4.78 is 0. The number of aryl methyl sites for hydroxylation is 1. The number of carbonyl (C=O) groups excluding carboxylic acids is 1. The SMILES string of the molecule is C[C@@H](CCCCCc1ccccc1)[C@H](O)C=CC1CCC(=O)N1CCSCCCC(=O)O. The molecule has 1 aromatic carbocycles. The number of carboxylic acids is 1. The Kier molecular flexibility index (Phi) is 12.5. The summed E-state index contributed by atoms with van der Waals surface area (Å²) in [6.45, 7) is 2.77. The highest BCUT2D eigenvalue weighted by Gasteiger charge is 2.28. The maximum atomic E-state index is 12.2. The summed E-state index contributed by atoms with van der Waals surface area (Å²) >= 11 is 1.70. The van der Waals surface area contributed by atoms with E-state index in [1.54, 1.807) is 11.8 Å². The minimum atomic E-state index is -0.759. The molecule has 2 rings (SSSR count). The van der Waals surface area contributed by atoms with Crippen LogP contribution in [0.15, 0.2) is 42.5 Å². The average molecular weight is 462 g/mol. The van der Waals surface area contributed by atoms with Crippen molar-refractivity contribution >= 4 is 23.6 Å². The van der Waals surface area contributed by atoms with Gasteiger partial charge in [0.2, 0.25) is 5.91 Å². The van der Waals surface area contributed by atoms with Crippen LogP contribution < -0.4 is 0 Å². The number of aliphatic hydroxyl groups excluding tert-OH is 1. The fourth-order valence-electron chi connectivity index (χ4n) is 4.06. The van der Waals surface area contributed by atoms with Crippen molar-refractivity contribution in [2.45, 2.75) is 76.9 Å². The molecule has 1 aliphatic rings. The first kappa shape index (κ1) is 26.5. The van der Waals surface area contributed by atoms with Crippen LogP contribution >= 0.6 is 11.8 Å². The monoisotopic (exact) mass is 461 g/mol. The van der Waals surface area contributed by atoms with Gasteiger partial charge in [-0.15, -0.1) is 0 Å². The number of aliphatic carboxylic acids is 1. The molecule has 5 nitrogen and oxygen atoms in total. The predicted molar refractivity (Wildman–Crippen MR) is 132 cm³/mol. The summed E-state index contributed by atoms with van der Waals surface area (Å²) in [5.41, 5.74) is 1.39. The molecule has 1 fully saturated rings. The van der Waals surface area contributed by atoms with Gasteiger partial charge >= 0.3 is 5.97 Å². The molecular weight excluding hydrogens is 422 g/mol. The lowest BCUT2D eigenvalue weighted by Gasteiger charge is -2.23. The van der Waals surface area contributed by atoms with Crippen molar-refractivity contribution in [2.75, 3.05) is 18.1 Å². The van der Waals surface area contributed by atoms with E-state index in [1.807, 2.05) is 23.1 Å². The second-order valence-electron chi connectivity index (χ2n) is 8.74. The molecule has 0 aliphatic carbocycles. The number of likely N-dealkylation sites (tertiary alicyclic amines) is 1. The normalized spacial score (nSPS) is 18.4. The maximum absolute atomic E-state index is 12.2. The number of carbonyl (C=O) groups is 2. The Labute approximate surface area is 197 Å². The molecule has 0 bridgehead atoms. The van der Waals surface area contributed by atoms with Gasteiger partial charge in [-0.05, 0) is 49.3 Å². The van der Waals surface area contributed by atoms with E-state index in [1.165, 1.54) is 18.4 Å². The van der Waals surface area contributed by atoms with Gasteiger partial charge in [-0.1, -0.05) is 62.2 Å². The molecule has 1 saturated heterocycles. The molecule has 1 unspecified atom stereocenters. The van der Waals surface area contributed by atoms with Crippen LogP contribution in [-0.4, -0.2) is 57.2 Å². The van der Waals surface area contributed by atoms with Crippen molar-refractivity contribution in [3.05, 3.63) is 48.0 Å². The van der Waals surface area contributed by atoms with E-state index in [-0.39, 0.29) is 24.3 Å². The minimum absolute atomic E-state index is 0.0647. The zero-order valence-corrected chi connectivity index (χ0v) is 20.1. The number of carboxylic acid groups (broad SMARTS) is 1. The van der Waals surface area contributed by atoms with E-state index < -0.39 is 12.1 Å². The number of rotatable bonds is 16. The molecule has 1 aromatic rings. The number of benzene rings is 1. The molecule has 32 heavy (non-hydrogen) atoms. The highest BCUT2D eigenvalue weighted by Crippen LogP contribution is 2.22. The summed E-state index contributed by atoms with van der Waals surface area (Å²) in [6.07, 6.45) is 11.2. The molecule has 0 spiro atoms. The van der Waals surface area contributed by atoms with E-state index in [2.05, 4.69) is 31.2 Å². The fraction of sp³-hybridized carbons (Fsp3) is 0.615. The first-order chi connectivity index (χ1) is 15.5. The number of aliphatic hydroxyl groups is 1. The van der Waals surface area contributed by atoms with Crippen LogP contribution in [-0.2, 0) is 16.0 Å². The summed E-state index contributed by atoms with van der Waals surface area (Å²) in [7, 11) is 0. The van der Waals surface area contributed by atoms with Crippen molar-refractivity contribution in [2.24, 2.45) is 5.92 Å². The highest BCUT2D eigenvalue weighted by molar-refractivity contribution is 7.99. The third-order valence-corrected chi connectivity index (χ3v) is 7.16. The summed E-state index contributed by atoms with van der Waals surface area (Å²) in [5.74, 6) is 1.24. The third kappa shape index (κ3) is 10.2. The molecule has 1 heterocycles. The van der Waals surface area contributed by atoms with Crippen LogP contribution in [0.5, 0.6) is 0 Å². The van der Waals surface area contributed by atoms with Crippen molar-refractivity contribution in [3.63, 3.8) is 0 Å². The van der Waals surface area contributed by atoms with E-state index in [0.717, 1.165) is 37.2 Å². The second-order valence-corrected chi connectivity index (χ2v) is 9.97. The topological polar surface area (TPSA) is 77.8 Å². The number of hydrogen-bond donors (Lipinski definition) is 2. The van der Waals surface area contributed by atoms with Gasteiger partial charge in [0, 0.05) is 25.1 Å². The summed E-state index contributed by atoms with van der Waals surface area (Å²) in [5, 5.41) is 19.2. The van der Waals surface area contributed by atoms with Crippen molar-refractivity contribution in [3.8, 4) is 0 Å². The highest BCUT2D eigenvalue weighted by atomic mass is 32.2. The van der Waals surface area contributed by atoms with Gasteiger partial charge in [0.05, 0.1) is 12.1 Å². The van der Waals surface area contributed by atoms with Crippen LogP contribution in [0.25, 0.3) is 0 Å². The lowest BCUT2D eigenvalue weighted by atomic mass is 9.95. The standard InChI is InChI=1S/C26H39NO4S/c1-21(9-4-2-5-10-22-11-6-3-7-12-22)24(28)16-14-23-15-17-25(29)27(23)18-20-32-19-8-13-26(30)31/h3,6-7,11-12,14,16,21,23-24,28H,2,4-5,8-10,13,15,17-20H2,1H3,(H,30,31)/t21-,23?,24+/m0/s1. The van der Waals surface area contributed by atoms with E-state index in [0.29, 0.717) is 19.4 Å². The smallest absolute Gasteiger partial charge is 0.303 e. The zero-order chi connectivity index (χ0) is 23.2. The van der Waals surface area contributed by atoms with Gasteiger partial charge in [-0.2, -0.15) is 11.8 Å². The Morgan fingerprint density at radius 2 is 1.97 bits per heavy atom. The second kappa shape index (κ2) is 15.1. The molecule has 3 atom stereocenters. The van der Waals surface area contributed by atoms with Gasteiger partial charge in [-0.3, -0.25) is 9.59 Å². The predicted octanol–water partition coefficient (Wildman–Crippen LogP) is 4.93. The van der Waals surface area contributed by atoms with Gasteiger partial charge in [0.1, 0.15) is 0 Å². The summed E-state index contributed by atoms with van der Waals surface area (Å²) in [6, 6.07) is 10.6. The average Bonchev–Trinajstić information content (AvgIpc) is 3.13. The first-order valence-electron chi connectivity index (χ1n) is 12.0. The Hall–Kier alpha value is -1.79. The first-order valence-corrected chi connectivity index (χ1v) is 13.1. The number of unbranched alkanes of at least 4 members (excludes halogenated alkanes) is 2. The molecule has 0 saturated carbocycles. The molecule has 1 aliphatic heterocycles. The van der Waals surface area contributed by atoms with Crippen LogP contribution in [0, 0.1) is 5.92 Å². The van der Waals surface area contributed by atoms with Crippen LogP contribution in [0.4, 0.5) is 0 Å². The Bertz CT molecular complexity index is 709. The van der Waals surface area contributed by atoms with E-state index in [4.69, 9.17) is 5.11 Å². The van der Waals surface area contributed by atoms with Crippen molar-refractivity contribution in [1.29, 1.82) is 0 Å². The lowest BCUT2D eigenvalue weighted by Crippen LogP contribution is -2.34. The molecule has 178 valence electrons.